The van der Waals surface area contributed by atoms with Gasteiger partial charge in [0.15, 0.2) is 5.65 Å². The molecule has 1 fully saturated rings. The van der Waals surface area contributed by atoms with Crippen LogP contribution in [0.3, 0.4) is 0 Å². The van der Waals surface area contributed by atoms with E-state index in [0.717, 1.165) is 23.6 Å². The standard InChI is InChI=1S/C13H16N4O2/c1-9-5-10-14-8-15-17(10)11(6-9)16-4-3-13(2,7-16)12(18)19/h5-6,8H,3-4,7H2,1-2H3,(H,18,19). The van der Waals surface area contributed by atoms with Crippen LogP contribution in [0.25, 0.3) is 5.65 Å². The van der Waals surface area contributed by atoms with Gasteiger partial charge in [-0.05, 0) is 38.0 Å². The Hall–Kier alpha value is -2.11. The minimum atomic E-state index is -0.738. The van der Waals surface area contributed by atoms with Crippen molar-refractivity contribution in [1.82, 2.24) is 14.6 Å². The molecule has 1 atom stereocenters. The molecule has 6 nitrogen and oxygen atoms in total. The Kier molecular flexibility index (Phi) is 2.48. The molecule has 3 heterocycles. The predicted octanol–water partition coefficient (Wildman–Crippen LogP) is 1.34. The van der Waals surface area contributed by atoms with Crippen LogP contribution < -0.4 is 4.90 Å². The molecular weight excluding hydrogens is 244 g/mol. The summed E-state index contributed by atoms with van der Waals surface area (Å²) in [6.07, 6.45) is 2.16. The van der Waals surface area contributed by atoms with Gasteiger partial charge in [0, 0.05) is 13.1 Å². The number of aryl methyl sites for hydroxylation is 1. The van der Waals surface area contributed by atoms with E-state index in [1.165, 1.54) is 6.33 Å². The number of fused-ring (bicyclic) bond motifs is 1. The van der Waals surface area contributed by atoms with Crippen LogP contribution in [-0.2, 0) is 4.79 Å². The molecule has 0 radical (unpaired) electrons. The van der Waals surface area contributed by atoms with Gasteiger partial charge in [0.2, 0.25) is 0 Å². The molecule has 1 saturated heterocycles. The molecule has 3 rings (SSSR count). The summed E-state index contributed by atoms with van der Waals surface area (Å²) in [4.78, 5) is 17.6. The summed E-state index contributed by atoms with van der Waals surface area (Å²) in [5.74, 6) is 0.176. The fourth-order valence-electron chi connectivity index (χ4n) is 2.59. The van der Waals surface area contributed by atoms with Crippen LogP contribution in [0, 0.1) is 12.3 Å². The summed E-state index contributed by atoms with van der Waals surface area (Å²) in [6.45, 7) is 5.02. The van der Waals surface area contributed by atoms with E-state index in [1.807, 2.05) is 19.1 Å². The van der Waals surface area contributed by atoms with Gasteiger partial charge in [0.25, 0.3) is 0 Å². The third-order valence-electron chi connectivity index (χ3n) is 3.82. The van der Waals surface area contributed by atoms with Crippen LogP contribution >= 0.6 is 0 Å². The van der Waals surface area contributed by atoms with Crippen molar-refractivity contribution in [2.75, 3.05) is 18.0 Å². The van der Waals surface area contributed by atoms with Crippen molar-refractivity contribution in [3.8, 4) is 0 Å². The van der Waals surface area contributed by atoms with Gasteiger partial charge in [-0.1, -0.05) is 0 Å². The van der Waals surface area contributed by atoms with Crippen LogP contribution in [0.15, 0.2) is 18.5 Å². The number of aliphatic carboxylic acids is 1. The van der Waals surface area contributed by atoms with Crippen LogP contribution in [0.2, 0.25) is 0 Å². The Labute approximate surface area is 110 Å². The molecule has 0 spiro atoms. The van der Waals surface area contributed by atoms with Crippen molar-refractivity contribution in [3.05, 3.63) is 24.0 Å². The topological polar surface area (TPSA) is 70.7 Å². The van der Waals surface area contributed by atoms with E-state index in [4.69, 9.17) is 0 Å². The monoisotopic (exact) mass is 260 g/mol. The zero-order valence-corrected chi connectivity index (χ0v) is 11.0. The minimum absolute atomic E-state index is 0.501. The molecule has 0 amide bonds. The van der Waals surface area contributed by atoms with E-state index in [9.17, 15) is 9.90 Å². The van der Waals surface area contributed by atoms with Gasteiger partial charge in [-0.2, -0.15) is 9.61 Å². The number of hydrogen-bond acceptors (Lipinski definition) is 4. The number of carboxylic acids is 1. The summed E-state index contributed by atoms with van der Waals surface area (Å²) < 4.78 is 1.76. The van der Waals surface area contributed by atoms with Crippen LogP contribution in [0.1, 0.15) is 18.9 Å². The van der Waals surface area contributed by atoms with Crippen LogP contribution in [0.5, 0.6) is 0 Å². The first kappa shape index (κ1) is 12.0. The number of aromatic nitrogens is 3. The second-order valence-electron chi connectivity index (χ2n) is 5.46. The molecule has 0 aromatic carbocycles. The lowest BCUT2D eigenvalue weighted by Gasteiger charge is -2.22. The van der Waals surface area contributed by atoms with Gasteiger partial charge >= 0.3 is 5.97 Å². The average molecular weight is 260 g/mol. The number of rotatable bonds is 2. The smallest absolute Gasteiger partial charge is 0.311 e. The fourth-order valence-corrected chi connectivity index (χ4v) is 2.59. The van der Waals surface area contributed by atoms with Crippen molar-refractivity contribution in [3.63, 3.8) is 0 Å². The second kappa shape index (κ2) is 3.94. The lowest BCUT2D eigenvalue weighted by atomic mass is 9.90. The summed E-state index contributed by atoms with van der Waals surface area (Å²) in [6, 6.07) is 3.98. The van der Waals surface area contributed by atoms with Gasteiger partial charge in [-0.25, -0.2) is 4.98 Å². The number of carbonyl (C=O) groups is 1. The van der Waals surface area contributed by atoms with Crippen molar-refractivity contribution in [2.24, 2.45) is 5.41 Å². The minimum Gasteiger partial charge on any atom is -0.481 e. The van der Waals surface area contributed by atoms with Gasteiger partial charge in [0.05, 0.1) is 5.41 Å². The molecule has 19 heavy (non-hydrogen) atoms. The van der Waals surface area contributed by atoms with Crippen molar-refractivity contribution in [1.29, 1.82) is 0 Å². The zero-order chi connectivity index (χ0) is 13.6. The Morgan fingerprint density at radius 2 is 2.26 bits per heavy atom. The SMILES string of the molecule is Cc1cc(N2CCC(C)(C(=O)O)C2)n2ncnc2c1. The lowest BCUT2D eigenvalue weighted by molar-refractivity contribution is -0.146. The molecule has 1 unspecified atom stereocenters. The molecule has 0 saturated carbocycles. The number of hydrogen-bond donors (Lipinski definition) is 1. The number of nitrogens with zero attached hydrogens (tertiary/aromatic N) is 4. The maximum atomic E-state index is 11.3. The summed E-state index contributed by atoms with van der Waals surface area (Å²) >= 11 is 0. The lowest BCUT2D eigenvalue weighted by Crippen LogP contribution is -2.32. The Balaban J connectivity index is 2.02. The highest BCUT2D eigenvalue weighted by Crippen LogP contribution is 2.33. The Morgan fingerprint density at radius 1 is 1.47 bits per heavy atom. The molecule has 1 aliphatic rings. The number of carboxylic acid groups (broad SMARTS) is 1. The molecule has 2 aromatic rings. The largest absolute Gasteiger partial charge is 0.481 e. The molecule has 2 aromatic heterocycles. The van der Waals surface area contributed by atoms with E-state index in [1.54, 1.807) is 11.4 Å². The molecule has 100 valence electrons. The number of anilines is 1. The maximum absolute atomic E-state index is 11.3. The third kappa shape index (κ3) is 1.83. The number of pyridine rings is 1. The van der Waals surface area contributed by atoms with Gasteiger partial charge in [-0.15, -0.1) is 0 Å². The molecular formula is C13H16N4O2. The first-order chi connectivity index (χ1) is 8.99. The first-order valence-corrected chi connectivity index (χ1v) is 6.28. The zero-order valence-electron chi connectivity index (χ0n) is 11.0. The highest BCUT2D eigenvalue weighted by molar-refractivity contribution is 5.76. The fraction of sp³-hybridized carbons (Fsp3) is 0.462. The second-order valence-corrected chi connectivity index (χ2v) is 5.46. The molecule has 6 heteroatoms. The summed E-state index contributed by atoms with van der Waals surface area (Å²) in [7, 11) is 0. The summed E-state index contributed by atoms with van der Waals surface area (Å²) in [5, 5.41) is 13.5. The van der Waals surface area contributed by atoms with E-state index >= 15 is 0 Å². The van der Waals surface area contributed by atoms with Gasteiger partial charge in [0.1, 0.15) is 12.1 Å². The first-order valence-electron chi connectivity index (χ1n) is 6.28. The highest BCUT2D eigenvalue weighted by Gasteiger charge is 2.41. The maximum Gasteiger partial charge on any atom is 0.311 e. The van der Waals surface area contributed by atoms with Gasteiger partial charge in [-0.3, -0.25) is 4.79 Å². The van der Waals surface area contributed by atoms with E-state index in [2.05, 4.69) is 15.0 Å². The van der Waals surface area contributed by atoms with Crippen LogP contribution in [-0.4, -0.2) is 38.8 Å². The van der Waals surface area contributed by atoms with Crippen LogP contribution in [0.4, 0.5) is 5.82 Å². The van der Waals surface area contributed by atoms with E-state index in [0.29, 0.717) is 13.0 Å². The van der Waals surface area contributed by atoms with Crippen molar-refractivity contribution < 1.29 is 9.90 Å². The molecule has 0 aliphatic carbocycles. The summed E-state index contributed by atoms with van der Waals surface area (Å²) in [5.41, 5.74) is 1.20. The predicted molar refractivity (Wildman–Crippen MR) is 70.3 cm³/mol. The van der Waals surface area contributed by atoms with E-state index in [-0.39, 0.29) is 0 Å². The normalized spacial score (nSPS) is 23.2. The average Bonchev–Trinajstić information content (AvgIpc) is 2.95. The van der Waals surface area contributed by atoms with E-state index < -0.39 is 11.4 Å². The molecule has 1 aliphatic heterocycles. The van der Waals surface area contributed by atoms with Crippen molar-refractivity contribution in [2.45, 2.75) is 20.3 Å². The quantitative estimate of drug-likeness (QED) is 0.882. The molecule has 0 bridgehead atoms. The van der Waals surface area contributed by atoms with Gasteiger partial charge < -0.3 is 10.0 Å². The highest BCUT2D eigenvalue weighted by atomic mass is 16.4. The van der Waals surface area contributed by atoms with Crippen molar-refractivity contribution >= 4 is 17.4 Å². The Bertz CT molecular complexity index is 651. The third-order valence-corrected chi connectivity index (χ3v) is 3.82. The Morgan fingerprint density at radius 3 is 2.95 bits per heavy atom. The molecule has 1 N–H and O–H groups in total.